The van der Waals surface area contributed by atoms with Crippen LogP contribution in [0.3, 0.4) is 0 Å². The lowest BCUT2D eigenvalue weighted by Crippen LogP contribution is -2.26. The van der Waals surface area contributed by atoms with Gasteiger partial charge in [0, 0.05) is 25.6 Å². The maximum Gasteiger partial charge on any atom is 0.0950 e. The number of nitrogens with zero attached hydrogens (tertiary/aromatic N) is 1. The number of allylic oxidation sites excluding steroid dienone is 1. The first-order valence-electron chi connectivity index (χ1n) is 10.1. The molecule has 0 bridgehead atoms. The standard InChI is InChI=1S/C24H35N3S2/c1-7-9-23(25-17-19-12-14-21(15-13-19)24(2,3)4)26-18-20-10-8-11-22(16-20)27(28-5)29-6/h8-16,25-26H,7,17-18H2,1-6H3/b23-9-. The normalized spacial score (nSPS) is 12.0. The minimum Gasteiger partial charge on any atom is -0.368 e. The third-order valence-electron chi connectivity index (χ3n) is 4.65. The van der Waals surface area contributed by atoms with E-state index in [2.05, 4.69) is 109 Å². The van der Waals surface area contributed by atoms with E-state index in [0.29, 0.717) is 0 Å². The molecule has 3 nitrogen and oxygen atoms in total. The van der Waals surface area contributed by atoms with E-state index in [0.717, 1.165) is 25.3 Å². The summed E-state index contributed by atoms with van der Waals surface area (Å²) in [6.45, 7) is 10.5. The van der Waals surface area contributed by atoms with Crippen LogP contribution in [0.5, 0.6) is 0 Å². The zero-order chi connectivity index (χ0) is 21.3. The smallest absolute Gasteiger partial charge is 0.0950 e. The molecular weight excluding hydrogens is 394 g/mol. The summed E-state index contributed by atoms with van der Waals surface area (Å²) in [4.78, 5) is 0. The number of anilines is 1. The summed E-state index contributed by atoms with van der Waals surface area (Å²) in [6.07, 6.45) is 7.40. The Balaban J connectivity index is 1.95. The van der Waals surface area contributed by atoms with Gasteiger partial charge in [0.05, 0.1) is 11.5 Å². The molecule has 0 fully saturated rings. The van der Waals surface area contributed by atoms with Gasteiger partial charge in [0.15, 0.2) is 0 Å². The van der Waals surface area contributed by atoms with E-state index in [4.69, 9.17) is 0 Å². The van der Waals surface area contributed by atoms with Gasteiger partial charge in [-0.2, -0.15) is 0 Å². The summed E-state index contributed by atoms with van der Waals surface area (Å²) in [5.41, 5.74) is 5.34. The first-order valence-corrected chi connectivity index (χ1v) is 12.5. The highest BCUT2D eigenvalue weighted by atomic mass is 32.2. The molecule has 2 N–H and O–H groups in total. The quantitative estimate of drug-likeness (QED) is 0.422. The van der Waals surface area contributed by atoms with Crippen LogP contribution in [0, 0.1) is 0 Å². The topological polar surface area (TPSA) is 27.3 Å². The molecule has 5 heteroatoms. The molecule has 0 saturated heterocycles. The lowest BCUT2D eigenvalue weighted by Gasteiger charge is -2.20. The lowest BCUT2D eigenvalue weighted by molar-refractivity contribution is 0.589. The Morgan fingerprint density at radius 1 is 0.931 bits per heavy atom. The zero-order valence-electron chi connectivity index (χ0n) is 18.6. The average Bonchev–Trinajstić information content (AvgIpc) is 2.71. The van der Waals surface area contributed by atoms with Crippen molar-refractivity contribution < 1.29 is 0 Å². The predicted molar refractivity (Wildman–Crippen MR) is 133 cm³/mol. The second-order valence-corrected chi connectivity index (χ2v) is 9.66. The minimum atomic E-state index is 0.192. The first-order chi connectivity index (χ1) is 13.9. The molecule has 0 heterocycles. The third-order valence-corrected chi connectivity index (χ3v) is 6.63. The van der Waals surface area contributed by atoms with Gasteiger partial charge in [-0.15, -0.1) is 0 Å². The summed E-state index contributed by atoms with van der Waals surface area (Å²) < 4.78 is 2.21. The van der Waals surface area contributed by atoms with Crippen LogP contribution in [0.2, 0.25) is 0 Å². The molecule has 0 atom stereocenters. The molecule has 0 aromatic heterocycles. The number of hydrogen-bond donors (Lipinski definition) is 2. The lowest BCUT2D eigenvalue weighted by atomic mass is 9.87. The molecule has 0 unspecified atom stereocenters. The molecule has 2 aromatic carbocycles. The average molecular weight is 430 g/mol. The molecule has 2 rings (SSSR count). The van der Waals surface area contributed by atoms with Crippen LogP contribution in [0.25, 0.3) is 0 Å². The Bertz CT molecular complexity index is 775. The van der Waals surface area contributed by atoms with Crippen molar-refractivity contribution in [2.45, 2.75) is 52.6 Å². The van der Waals surface area contributed by atoms with Crippen molar-refractivity contribution in [1.82, 2.24) is 10.6 Å². The number of hydrogen-bond acceptors (Lipinski definition) is 5. The monoisotopic (exact) mass is 429 g/mol. The van der Waals surface area contributed by atoms with E-state index < -0.39 is 0 Å². The Hall–Kier alpha value is -1.72. The van der Waals surface area contributed by atoms with Gasteiger partial charge in [0.1, 0.15) is 0 Å². The maximum atomic E-state index is 3.56. The van der Waals surface area contributed by atoms with Crippen molar-refractivity contribution in [3.63, 3.8) is 0 Å². The molecule has 0 aliphatic carbocycles. The molecule has 0 aliphatic heterocycles. The second kappa shape index (κ2) is 11.5. The van der Waals surface area contributed by atoms with Crippen molar-refractivity contribution in [3.05, 3.63) is 77.1 Å². The Labute approximate surface area is 186 Å². The van der Waals surface area contributed by atoms with Gasteiger partial charge in [-0.1, -0.05) is 64.1 Å². The largest absolute Gasteiger partial charge is 0.368 e. The van der Waals surface area contributed by atoms with Crippen LogP contribution < -0.4 is 14.3 Å². The summed E-state index contributed by atoms with van der Waals surface area (Å²) in [5.74, 6) is 1.09. The fourth-order valence-corrected chi connectivity index (χ4v) is 4.24. The van der Waals surface area contributed by atoms with Crippen molar-refractivity contribution in [1.29, 1.82) is 0 Å². The number of benzene rings is 2. The van der Waals surface area contributed by atoms with Crippen molar-refractivity contribution in [3.8, 4) is 0 Å². The van der Waals surface area contributed by atoms with Gasteiger partial charge in [-0.25, -0.2) is 0 Å². The van der Waals surface area contributed by atoms with Crippen LogP contribution in [-0.4, -0.2) is 12.5 Å². The first kappa shape index (κ1) is 23.6. The van der Waals surface area contributed by atoms with Gasteiger partial charge in [0.25, 0.3) is 0 Å². The molecule has 29 heavy (non-hydrogen) atoms. The third kappa shape index (κ3) is 7.56. The molecule has 158 valence electrons. The molecule has 0 saturated carbocycles. The van der Waals surface area contributed by atoms with Gasteiger partial charge in [-0.3, -0.25) is 3.71 Å². The van der Waals surface area contributed by atoms with Crippen LogP contribution in [0.15, 0.2) is 60.4 Å². The highest BCUT2D eigenvalue weighted by molar-refractivity contribution is 8.17. The van der Waals surface area contributed by atoms with Gasteiger partial charge < -0.3 is 10.6 Å². The van der Waals surface area contributed by atoms with Gasteiger partial charge in [0.2, 0.25) is 0 Å². The van der Waals surface area contributed by atoms with E-state index in [-0.39, 0.29) is 5.41 Å². The zero-order valence-corrected chi connectivity index (χ0v) is 20.2. The van der Waals surface area contributed by atoms with Crippen LogP contribution >= 0.6 is 23.9 Å². The number of rotatable bonds is 10. The summed E-state index contributed by atoms with van der Waals surface area (Å²) >= 11 is 3.45. The molecule has 0 amide bonds. The van der Waals surface area contributed by atoms with E-state index in [1.54, 1.807) is 23.9 Å². The maximum absolute atomic E-state index is 3.56. The fourth-order valence-electron chi connectivity index (χ4n) is 2.99. The minimum absolute atomic E-state index is 0.192. The van der Waals surface area contributed by atoms with Crippen molar-refractivity contribution >= 4 is 29.6 Å². The van der Waals surface area contributed by atoms with E-state index >= 15 is 0 Å². The molecule has 2 aromatic rings. The Morgan fingerprint density at radius 2 is 1.55 bits per heavy atom. The second-order valence-electron chi connectivity index (χ2n) is 7.97. The fraction of sp³-hybridized carbons (Fsp3) is 0.417. The summed E-state index contributed by atoms with van der Waals surface area (Å²) in [5, 5.41) is 7.12. The highest BCUT2D eigenvalue weighted by Crippen LogP contribution is 2.28. The van der Waals surface area contributed by atoms with E-state index in [1.165, 1.54) is 22.4 Å². The predicted octanol–water partition coefficient (Wildman–Crippen LogP) is 6.48. The SMILES string of the molecule is CC/C=C(/NCc1ccc(C(C)(C)C)cc1)NCc1cccc(N(SC)SC)c1. The van der Waals surface area contributed by atoms with Crippen LogP contribution in [-0.2, 0) is 18.5 Å². The molecule has 0 aliphatic rings. The molecular formula is C24H35N3S2. The Kier molecular flexibility index (Phi) is 9.31. The van der Waals surface area contributed by atoms with Gasteiger partial charge >= 0.3 is 0 Å². The van der Waals surface area contributed by atoms with Crippen molar-refractivity contribution in [2.24, 2.45) is 0 Å². The summed E-state index contributed by atoms with van der Waals surface area (Å²) in [7, 11) is 0. The Morgan fingerprint density at radius 3 is 2.10 bits per heavy atom. The summed E-state index contributed by atoms with van der Waals surface area (Å²) in [6, 6.07) is 17.6. The number of nitrogens with one attached hydrogen (secondary N) is 2. The highest BCUT2D eigenvalue weighted by Gasteiger charge is 2.12. The van der Waals surface area contributed by atoms with E-state index in [9.17, 15) is 0 Å². The van der Waals surface area contributed by atoms with Crippen molar-refractivity contribution in [2.75, 3.05) is 16.2 Å². The molecule has 0 radical (unpaired) electrons. The van der Waals surface area contributed by atoms with Gasteiger partial charge in [-0.05, 0) is 70.6 Å². The van der Waals surface area contributed by atoms with E-state index in [1.807, 2.05) is 0 Å². The van der Waals surface area contributed by atoms with Crippen LogP contribution in [0.1, 0.15) is 50.8 Å². The molecule has 0 spiro atoms. The van der Waals surface area contributed by atoms with Crippen LogP contribution in [0.4, 0.5) is 5.69 Å².